The maximum absolute atomic E-state index is 13.3. The van der Waals surface area contributed by atoms with Gasteiger partial charge in [-0.05, 0) is 42.5 Å². The second-order valence-electron chi connectivity index (χ2n) is 4.53. The molecule has 0 bridgehead atoms. The Morgan fingerprint density at radius 3 is 2.26 bits per heavy atom. The predicted octanol–water partition coefficient (Wildman–Crippen LogP) is 2.81. The second-order valence-corrected chi connectivity index (χ2v) is 7.24. The largest absolute Gasteiger partial charge is 0.368 e. The number of benzene rings is 2. The van der Waals surface area contributed by atoms with Crippen LogP contribution in [-0.4, -0.2) is 20.9 Å². The monoisotopic (exact) mass is 376 g/mol. The van der Waals surface area contributed by atoms with Crippen LogP contribution in [0.4, 0.5) is 10.1 Å². The number of anilines is 1. The van der Waals surface area contributed by atoms with Gasteiger partial charge in [-0.15, -0.1) is 0 Å². The van der Waals surface area contributed by atoms with E-state index in [1.54, 1.807) is 0 Å². The zero-order valence-corrected chi connectivity index (χ0v) is 13.9. The van der Waals surface area contributed by atoms with Crippen molar-refractivity contribution < 1.29 is 17.6 Å². The van der Waals surface area contributed by atoms with Gasteiger partial charge in [0.05, 0.1) is 15.6 Å². The lowest BCUT2D eigenvalue weighted by molar-refractivity contribution is -0.116. The fourth-order valence-electron chi connectivity index (χ4n) is 1.83. The van der Waals surface area contributed by atoms with Crippen LogP contribution < -0.4 is 10.0 Å². The third-order valence-electron chi connectivity index (χ3n) is 2.89. The molecule has 2 aromatic rings. The number of hydrogen-bond donors (Lipinski definition) is 1. The zero-order valence-electron chi connectivity index (χ0n) is 11.5. The first-order valence-electron chi connectivity index (χ1n) is 6.23. The van der Waals surface area contributed by atoms with Gasteiger partial charge in [-0.2, -0.15) is 0 Å². The van der Waals surface area contributed by atoms with E-state index < -0.39 is 28.3 Å². The molecule has 0 radical (unpaired) electrons. The molecule has 0 saturated carbocycles. The van der Waals surface area contributed by atoms with Gasteiger partial charge >= 0.3 is 0 Å². The van der Waals surface area contributed by atoms with Gasteiger partial charge in [0.2, 0.25) is 5.91 Å². The van der Waals surface area contributed by atoms with Crippen molar-refractivity contribution in [2.45, 2.75) is 4.90 Å². The molecular formula is C14H11Cl2FN2O3S. The normalized spacial score (nSPS) is 11.3. The fraction of sp³-hybridized carbons (Fsp3) is 0.0714. The van der Waals surface area contributed by atoms with Crippen molar-refractivity contribution in [1.29, 1.82) is 0 Å². The van der Waals surface area contributed by atoms with Crippen LogP contribution in [0.15, 0.2) is 47.4 Å². The molecule has 5 nitrogen and oxygen atoms in total. The van der Waals surface area contributed by atoms with Crippen molar-refractivity contribution in [2.24, 2.45) is 5.73 Å². The molecule has 23 heavy (non-hydrogen) atoms. The second kappa shape index (κ2) is 6.74. The molecule has 0 aromatic heterocycles. The van der Waals surface area contributed by atoms with Crippen LogP contribution in [0, 0.1) is 5.82 Å². The van der Waals surface area contributed by atoms with Crippen LogP contribution in [0.25, 0.3) is 0 Å². The van der Waals surface area contributed by atoms with E-state index in [9.17, 15) is 17.6 Å². The molecule has 0 fully saturated rings. The Labute approximate surface area is 142 Å². The molecule has 0 unspecified atom stereocenters. The summed E-state index contributed by atoms with van der Waals surface area (Å²) in [6.07, 6.45) is 0. The van der Waals surface area contributed by atoms with Gasteiger partial charge in [0, 0.05) is 5.02 Å². The Morgan fingerprint density at radius 1 is 1.13 bits per heavy atom. The average molecular weight is 377 g/mol. The molecular weight excluding hydrogens is 366 g/mol. The summed E-state index contributed by atoms with van der Waals surface area (Å²) < 4.78 is 39.5. The molecule has 0 aliphatic rings. The van der Waals surface area contributed by atoms with E-state index in [-0.39, 0.29) is 15.6 Å². The Hall–Kier alpha value is -1.83. The third-order valence-corrected chi connectivity index (χ3v) is 5.22. The first kappa shape index (κ1) is 17.5. The molecule has 0 aliphatic carbocycles. The summed E-state index contributed by atoms with van der Waals surface area (Å²) in [5, 5.41) is 0.0819. The summed E-state index contributed by atoms with van der Waals surface area (Å²) in [6, 6.07) is 8.67. The molecule has 0 saturated heterocycles. The first-order chi connectivity index (χ1) is 10.7. The smallest absolute Gasteiger partial charge is 0.264 e. The van der Waals surface area contributed by atoms with Gasteiger partial charge in [0.25, 0.3) is 10.0 Å². The number of nitrogens with zero attached hydrogens (tertiary/aromatic N) is 1. The van der Waals surface area contributed by atoms with Crippen LogP contribution in [0.2, 0.25) is 10.0 Å². The summed E-state index contributed by atoms with van der Waals surface area (Å²) in [4.78, 5) is 11.2. The fourth-order valence-corrected chi connectivity index (χ4v) is 3.55. The summed E-state index contributed by atoms with van der Waals surface area (Å²) in [7, 11) is -4.10. The molecule has 122 valence electrons. The highest BCUT2D eigenvalue weighted by atomic mass is 35.5. The summed E-state index contributed by atoms with van der Waals surface area (Å²) in [5.74, 6) is -1.58. The minimum absolute atomic E-state index is 0.0187. The van der Waals surface area contributed by atoms with Crippen LogP contribution in [-0.2, 0) is 14.8 Å². The van der Waals surface area contributed by atoms with Crippen LogP contribution in [0.1, 0.15) is 0 Å². The minimum Gasteiger partial charge on any atom is -0.368 e. The Kier molecular flexibility index (Phi) is 5.13. The van der Waals surface area contributed by atoms with Gasteiger partial charge < -0.3 is 5.73 Å². The van der Waals surface area contributed by atoms with Crippen molar-refractivity contribution in [3.8, 4) is 0 Å². The van der Waals surface area contributed by atoms with E-state index in [4.69, 9.17) is 28.9 Å². The molecule has 2 rings (SSSR count). The summed E-state index contributed by atoms with van der Waals surface area (Å²) in [5.41, 5.74) is 5.14. The van der Waals surface area contributed by atoms with Crippen LogP contribution in [0.5, 0.6) is 0 Å². The van der Waals surface area contributed by atoms with Crippen molar-refractivity contribution >= 4 is 44.8 Å². The van der Waals surface area contributed by atoms with Crippen molar-refractivity contribution in [2.75, 3.05) is 10.8 Å². The lowest BCUT2D eigenvalue weighted by Gasteiger charge is -2.23. The molecule has 0 spiro atoms. The van der Waals surface area contributed by atoms with E-state index >= 15 is 0 Å². The lowest BCUT2D eigenvalue weighted by Crippen LogP contribution is -2.38. The summed E-state index contributed by atoms with van der Waals surface area (Å²) >= 11 is 11.4. The highest BCUT2D eigenvalue weighted by Crippen LogP contribution is 2.28. The SMILES string of the molecule is NC(=O)CN(c1ccc(F)c(Cl)c1)S(=O)(=O)c1ccc(Cl)cc1. The number of sulfonamides is 1. The first-order valence-corrected chi connectivity index (χ1v) is 8.43. The number of carbonyl (C=O) groups is 1. The van der Waals surface area contributed by atoms with Gasteiger partial charge in [-0.3, -0.25) is 9.10 Å². The number of hydrogen-bond acceptors (Lipinski definition) is 3. The molecule has 0 heterocycles. The van der Waals surface area contributed by atoms with E-state index in [0.29, 0.717) is 5.02 Å². The van der Waals surface area contributed by atoms with Crippen LogP contribution >= 0.6 is 23.2 Å². The third kappa shape index (κ3) is 3.93. The predicted molar refractivity (Wildman–Crippen MR) is 86.6 cm³/mol. The van der Waals surface area contributed by atoms with Crippen molar-refractivity contribution in [1.82, 2.24) is 0 Å². The standard InChI is InChI=1S/C14H11Cl2FN2O3S/c15-9-1-4-11(5-2-9)23(21,22)19(8-14(18)20)10-3-6-13(17)12(16)7-10/h1-7H,8H2,(H2,18,20). The Bertz CT molecular complexity index is 842. The maximum atomic E-state index is 13.3. The number of primary amides is 1. The average Bonchev–Trinajstić information content (AvgIpc) is 2.48. The van der Waals surface area contributed by atoms with Crippen molar-refractivity contribution in [3.05, 3.63) is 58.3 Å². The number of carbonyl (C=O) groups excluding carboxylic acids is 1. The van der Waals surface area contributed by atoms with Gasteiger partial charge in [-0.25, -0.2) is 12.8 Å². The minimum atomic E-state index is -4.10. The number of amides is 1. The van der Waals surface area contributed by atoms with E-state index in [1.807, 2.05) is 0 Å². The van der Waals surface area contributed by atoms with Crippen LogP contribution in [0.3, 0.4) is 0 Å². The molecule has 9 heteroatoms. The summed E-state index contributed by atoms with van der Waals surface area (Å²) in [6.45, 7) is -0.618. The maximum Gasteiger partial charge on any atom is 0.264 e. The lowest BCUT2D eigenvalue weighted by atomic mass is 10.3. The van der Waals surface area contributed by atoms with Gasteiger partial charge in [0.1, 0.15) is 12.4 Å². The van der Waals surface area contributed by atoms with Crippen molar-refractivity contribution in [3.63, 3.8) is 0 Å². The number of halogens is 3. The quantitative estimate of drug-likeness (QED) is 0.870. The van der Waals surface area contributed by atoms with E-state index in [1.165, 1.54) is 30.3 Å². The Morgan fingerprint density at radius 2 is 1.74 bits per heavy atom. The molecule has 0 atom stereocenters. The number of rotatable bonds is 5. The molecule has 0 aliphatic heterocycles. The molecule has 1 amide bonds. The Balaban J connectivity index is 2.55. The van der Waals surface area contributed by atoms with Gasteiger partial charge in [-0.1, -0.05) is 23.2 Å². The molecule has 2 aromatic carbocycles. The van der Waals surface area contributed by atoms with Gasteiger partial charge in [0.15, 0.2) is 0 Å². The topological polar surface area (TPSA) is 80.5 Å². The van der Waals surface area contributed by atoms with E-state index in [0.717, 1.165) is 16.4 Å². The number of nitrogens with two attached hydrogens (primary N) is 1. The highest BCUT2D eigenvalue weighted by molar-refractivity contribution is 7.92. The highest BCUT2D eigenvalue weighted by Gasteiger charge is 2.27. The molecule has 2 N–H and O–H groups in total. The zero-order chi connectivity index (χ0) is 17.2. The van der Waals surface area contributed by atoms with E-state index in [2.05, 4.69) is 0 Å².